The van der Waals surface area contributed by atoms with Gasteiger partial charge in [0.05, 0.1) is 25.2 Å². The lowest BCUT2D eigenvalue weighted by atomic mass is 9.87. The van der Waals surface area contributed by atoms with Gasteiger partial charge in [0, 0.05) is 21.6 Å². The molecular weight excluding hydrogens is 300 g/mol. The van der Waals surface area contributed by atoms with Crippen molar-refractivity contribution in [3.05, 3.63) is 34.5 Å². The summed E-state index contributed by atoms with van der Waals surface area (Å²) < 4.78 is 5.12. The minimum atomic E-state index is -0.375. The number of fused-ring (bicyclic) bond motifs is 1. The Balaban J connectivity index is 1.76. The summed E-state index contributed by atoms with van der Waals surface area (Å²) in [6.45, 7) is 7.65. The number of hydrogen-bond donors (Lipinski definition) is 2. The van der Waals surface area contributed by atoms with Crippen LogP contribution < -0.4 is 5.32 Å². The van der Waals surface area contributed by atoms with Gasteiger partial charge in [0.25, 0.3) is 0 Å². The second-order valence-electron chi connectivity index (χ2n) is 6.65. The first-order valence-electron chi connectivity index (χ1n) is 7.56. The van der Waals surface area contributed by atoms with Crippen molar-refractivity contribution in [1.29, 1.82) is 0 Å². The number of nitrogens with one attached hydrogen (secondary N) is 2. The third kappa shape index (κ3) is 2.73. The van der Waals surface area contributed by atoms with Crippen LogP contribution in [0.3, 0.4) is 0 Å². The second-order valence-corrected chi connectivity index (χ2v) is 7.05. The molecule has 2 heterocycles. The average Bonchev–Trinajstić information content (AvgIpc) is 2.82. The SMILES string of the molecule is CC(C)c1cc2[nH]c(CNC(=O)C3(C)COC3)cc2cc1Cl. The van der Waals surface area contributed by atoms with E-state index in [0.29, 0.717) is 25.7 Å². The van der Waals surface area contributed by atoms with E-state index in [1.165, 1.54) is 0 Å². The second kappa shape index (κ2) is 5.60. The van der Waals surface area contributed by atoms with E-state index < -0.39 is 0 Å². The monoisotopic (exact) mass is 320 g/mol. The molecule has 0 atom stereocenters. The molecule has 1 aliphatic rings. The molecule has 0 saturated carbocycles. The number of H-pyrrole nitrogens is 1. The first-order valence-corrected chi connectivity index (χ1v) is 7.94. The molecule has 0 unspecified atom stereocenters. The van der Waals surface area contributed by atoms with Gasteiger partial charge in [-0.15, -0.1) is 0 Å². The number of carbonyl (C=O) groups excluding carboxylic acids is 1. The molecule has 1 saturated heterocycles. The smallest absolute Gasteiger partial charge is 0.230 e. The number of aromatic amines is 1. The van der Waals surface area contributed by atoms with E-state index in [1.54, 1.807) is 0 Å². The van der Waals surface area contributed by atoms with Gasteiger partial charge in [-0.05, 0) is 36.6 Å². The van der Waals surface area contributed by atoms with Crippen molar-refractivity contribution in [2.45, 2.75) is 33.2 Å². The van der Waals surface area contributed by atoms with Gasteiger partial charge in [0.2, 0.25) is 5.91 Å². The van der Waals surface area contributed by atoms with Crippen molar-refractivity contribution in [2.75, 3.05) is 13.2 Å². The van der Waals surface area contributed by atoms with Gasteiger partial charge in [0.1, 0.15) is 0 Å². The van der Waals surface area contributed by atoms with Gasteiger partial charge in [-0.2, -0.15) is 0 Å². The van der Waals surface area contributed by atoms with E-state index >= 15 is 0 Å². The first kappa shape index (κ1) is 15.4. The van der Waals surface area contributed by atoms with Gasteiger partial charge in [-0.25, -0.2) is 0 Å². The van der Waals surface area contributed by atoms with E-state index in [2.05, 4.69) is 30.2 Å². The standard InChI is InChI=1S/C17H21ClN2O2/c1-10(2)13-6-15-11(5-14(13)18)4-12(20-15)7-19-16(21)17(3)8-22-9-17/h4-6,10,20H,7-9H2,1-3H3,(H,19,21). The Bertz CT molecular complexity index is 717. The van der Waals surface area contributed by atoms with Gasteiger partial charge in [0.15, 0.2) is 0 Å². The average molecular weight is 321 g/mol. The minimum absolute atomic E-state index is 0.0401. The number of aromatic nitrogens is 1. The fourth-order valence-corrected chi connectivity index (χ4v) is 3.09. The number of ether oxygens (including phenoxy) is 1. The van der Waals surface area contributed by atoms with Crippen molar-refractivity contribution in [3.8, 4) is 0 Å². The normalized spacial score (nSPS) is 16.8. The molecule has 22 heavy (non-hydrogen) atoms. The summed E-state index contributed by atoms with van der Waals surface area (Å²) in [5.74, 6) is 0.417. The van der Waals surface area contributed by atoms with Crippen LogP contribution in [-0.2, 0) is 16.1 Å². The van der Waals surface area contributed by atoms with E-state index in [4.69, 9.17) is 16.3 Å². The van der Waals surface area contributed by atoms with Crippen LogP contribution >= 0.6 is 11.6 Å². The quantitative estimate of drug-likeness (QED) is 0.904. The fourth-order valence-electron chi connectivity index (χ4n) is 2.70. The highest BCUT2D eigenvalue weighted by molar-refractivity contribution is 6.32. The van der Waals surface area contributed by atoms with E-state index in [0.717, 1.165) is 27.2 Å². The van der Waals surface area contributed by atoms with Crippen LogP contribution in [-0.4, -0.2) is 24.1 Å². The summed E-state index contributed by atoms with van der Waals surface area (Å²) in [5, 5.41) is 4.83. The molecule has 0 aliphatic carbocycles. The summed E-state index contributed by atoms with van der Waals surface area (Å²) in [6, 6.07) is 6.11. The summed E-state index contributed by atoms with van der Waals surface area (Å²) in [4.78, 5) is 15.5. The molecule has 1 fully saturated rings. The highest BCUT2D eigenvalue weighted by Gasteiger charge is 2.40. The van der Waals surface area contributed by atoms with Crippen LogP contribution in [0.25, 0.3) is 10.9 Å². The number of benzene rings is 1. The van der Waals surface area contributed by atoms with Crippen LogP contribution in [0.4, 0.5) is 0 Å². The van der Waals surface area contributed by atoms with Crippen LogP contribution in [0, 0.1) is 5.41 Å². The zero-order valence-corrected chi connectivity index (χ0v) is 13.9. The Morgan fingerprint density at radius 1 is 1.41 bits per heavy atom. The van der Waals surface area contributed by atoms with Gasteiger partial charge in [-0.3, -0.25) is 4.79 Å². The van der Waals surface area contributed by atoms with Crippen molar-refractivity contribution in [3.63, 3.8) is 0 Å². The molecule has 0 spiro atoms. The molecule has 1 aromatic heterocycles. The van der Waals surface area contributed by atoms with Crippen molar-refractivity contribution in [2.24, 2.45) is 5.41 Å². The molecule has 1 aliphatic heterocycles. The molecule has 0 bridgehead atoms. The molecule has 2 aromatic rings. The number of halogens is 1. The van der Waals surface area contributed by atoms with Crippen LogP contribution in [0.15, 0.2) is 18.2 Å². The molecular formula is C17H21ClN2O2. The lowest BCUT2D eigenvalue weighted by molar-refractivity contribution is -0.157. The maximum atomic E-state index is 12.1. The number of amides is 1. The Morgan fingerprint density at radius 2 is 2.14 bits per heavy atom. The topological polar surface area (TPSA) is 54.1 Å². The van der Waals surface area contributed by atoms with Gasteiger partial charge >= 0.3 is 0 Å². The molecule has 1 amide bonds. The zero-order valence-electron chi connectivity index (χ0n) is 13.1. The Morgan fingerprint density at radius 3 is 2.73 bits per heavy atom. The van der Waals surface area contributed by atoms with Gasteiger partial charge < -0.3 is 15.0 Å². The highest BCUT2D eigenvalue weighted by atomic mass is 35.5. The lowest BCUT2D eigenvalue weighted by Gasteiger charge is -2.36. The molecule has 2 N–H and O–H groups in total. The fraction of sp³-hybridized carbons (Fsp3) is 0.471. The predicted octanol–water partition coefficient (Wildman–Crippen LogP) is 3.60. The molecule has 4 nitrogen and oxygen atoms in total. The maximum Gasteiger partial charge on any atom is 0.230 e. The Hall–Kier alpha value is -1.52. The summed E-state index contributed by atoms with van der Waals surface area (Å²) in [5.41, 5.74) is 2.78. The Labute approximate surface area is 135 Å². The van der Waals surface area contributed by atoms with Gasteiger partial charge in [-0.1, -0.05) is 25.4 Å². The number of hydrogen-bond acceptors (Lipinski definition) is 2. The van der Waals surface area contributed by atoms with Crippen LogP contribution in [0.5, 0.6) is 0 Å². The molecule has 1 aromatic carbocycles. The number of carbonyl (C=O) groups is 1. The maximum absolute atomic E-state index is 12.1. The molecule has 118 valence electrons. The minimum Gasteiger partial charge on any atom is -0.379 e. The van der Waals surface area contributed by atoms with E-state index in [-0.39, 0.29) is 11.3 Å². The lowest BCUT2D eigenvalue weighted by Crippen LogP contribution is -2.51. The zero-order chi connectivity index (χ0) is 15.9. The van der Waals surface area contributed by atoms with E-state index in [9.17, 15) is 4.79 Å². The Kier molecular flexibility index (Phi) is 3.91. The summed E-state index contributed by atoms with van der Waals surface area (Å²) in [7, 11) is 0. The summed E-state index contributed by atoms with van der Waals surface area (Å²) in [6.07, 6.45) is 0. The molecule has 5 heteroatoms. The van der Waals surface area contributed by atoms with Crippen molar-refractivity contribution in [1.82, 2.24) is 10.3 Å². The summed E-state index contributed by atoms with van der Waals surface area (Å²) >= 11 is 6.32. The molecule has 0 radical (unpaired) electrons. The third-order valence-corrected chi connectivity index (χ3v) is 4.57. The third-order valence-electron chi connectivity index (χ3n) is 4.24. The van der Waals surface area contributed by atoms with Crippen molar-refractivity contribution >= 4 is 28.4 Å². The number of rotatable bonds is 4. The van der Waals surface area contributed by atoms with E-state index in [1.807, 2.05) is 19.1 Å². The predicted molar refractivity (Wildman–Crippen MR) is 88.2 cm³/mol. The molecule has 3 rings (SSSR count). The van der Waals surface area contributed by atoms with Crippen molar-refractivity contribution < 1.29 is 9.53 Å². The van der Waals surface area contributed by atoms with Crippen LogP contribution in [0.2, 0.25) is 5.02 Å². The first-order chi connectivity index (χ1) is 10.4. The highest BCUT2D eigenvalue weighted by Crippen LogP contribution is 2.30. The largest absolute Gasteiger partial charge is 0.379 e. The van der Waals surface area contributed by atoms with Crippen LogP contribution in [0.1, 0.15) is 37.9 Å².